The Morgan fingerprint density at radius 1 is 1.04 bits per heavy atom. The van der Waals surface area contributed by atoms with E-state index in [0.29, 0.717) is 5.92 Å². The van der Waals surface area contributed by atoms with Crippen molar-refractivity contribution in [1.82, 2.24) is 19.7 Å². The van der Waals surface area contributed by atoms with Crippen molar-refractivity contribution in [2.24, 2.45) is 7.05 Å². The maximum atomic E-state index is 4.88. The third-order valence-electron chi connectivity index (χ3n) is 5.22. The zero-order valence-electron chi connectivity index (χ0n) is 15.5. The van der Waals surface area contributed by atoms with Crippen molar-refractivity contribution in [2.75, 3.05) is 18.0 Å². The van der Waals surface area contributed by atoms with Gasteiger partial charge in [-0.2, -0.15) is 5.10 Å². The number of nitrogens with zero attached hydrogens (tertiary/aromatic N) is 5. The quantitative estimate of drug-likeness (QED) is 0.719. The fourth-order valence-electron chi connectivity index (χ4n) is 3.78. The molecule has 3 aromatic rings. The molecule has 5 heteroatoms. The molecule has 0 saturated carbocycles. The molecular weight excluding hydrogens is 322 g/mol. The lowest BCUT2D eigenvalue weighted by Crippen LogP contribution is -2.26. The number of hydrogen-bond donors (Lipinski definition) is 0. The molecule has 1 unspecified atom stereocenters. The average Bonchev–Trinajstić information content (AvgIpc) is 2.95. The summed E-state index contributed by atoms with van der Waals surface area (Å²) in [6.45, 7) is 4.06. The zero-order chi connectivity index (χ0) is 17.9. The molecule has 26 heavy (non-hydrogen) atoms. The molecule has 2 aromatic heterocycles. The lowest BCUT2D eigenvalue weighted by atomic mass is 9.92. The first-order valence-corrected chi connectivity index (χ1v) is 9.33. The van der Waals surface area contributed by atoms with Gasteiger partial charge in [0.25, 0.3) is 0 Å². The Bertz CT molecular complexity index is 871. The molecule has 1 saturated heterocycles. The number of hydrogen-bond acceptors (Lipinski definition) is 4. The van der Waals surface area contributed by atoms with Gasteiger partial charge in [0.2, 0.25) is 5.95 Å². The Balaban J connectivity index is 1.54. The van der Waals surface area contributed by atoms with Gasteiger partial charge in [0.15, 0.2) is 0 Å². The first kappa shape index (κ1) is 16.8. The first-order valence-electron chi connectivity index (χ1n) is 9.33. The van der Waals surface area contributed by atoms with E-state index in [2.05, 4.69) is 52.2 Å². The van der Waals surface area contributed by atoms with Gasteiger partial charge in [0.05, 0.1) is 11.9 Å². The number of benzene rings is 1. The smallest absolute Gasteiger partial charge is 0.225 e. The Hall–Kier alpha value is -2.69. The molecule has 1 aliphatic heterocycles. The van der Waals surface area contributed by atoms with Crippen LogP contribution in [0.5, 0.6) is 0 Å². The van der Waals surface area contributed by atoms with E-state index >= 15 is 0 Å². The molecule has 1 aliphatic rings. The molecule has 5 nitrogen and oxygen atoms in total. The molecule has 4 rings (SSSR count). The first-order chi connectivity index (χ1) is 12.7. The van der Waals surface area contributed by atoms with Crippen molar-refractivity contribution in [3.8, 4) is 11.3 Å². The van der Waals surface area contributed by atoms with Crippen LogP contribution in [-0.2, 0) is 7.05 Å². The van der Waals surface area contributed by atoms with Crippen molar-refractivity contribution in [1.29, 1.82) is 0 Å². The van der Waals surface area contributed by atoms with E-state index in [4.69, 9.17) is 4.98 Å². The summed E-state index contributed by atoms with van der Waals surface area (Å²) in [5, 5.41) is 4.28. The second-order valence-corrected chi connectivity index (χ2v) is 7.13. The van der Waals surface area contributed by atoms with Gasteiger partial charge in [-0.3, -0.25) is 4.68 Å². The Morgan fingerprint density at radius 3 is 2.65 bits per heavy atom. The van der Waals surface area contributed by atoms with E-state index in [1.807, 2.05) is 30.3 Å². The molecule has 1 fully saturated rings. The number of anilines is 1. The van der Waals surface area contributed by atoms with Crippen LogP contribution in [0.1, 0.15) is 36.3 Å². The van der Waals surface area contributed by atoms with Crippen LogP contribution < -0.4 is 4.90 Å². The van der Waals surface area contributed by atoms with Gasteiger partial charge in [0, 0.05) is 38.1 Å². The third kappa shape index (κ3) is 3.47. The highest BCUT2D eigenvalue weighted by Crippen LogP contribution is 2.30. The predicted octanol–water partition coefficient (Wildman–Crippen LogP) is 3.96. The highest BCUT2D eigenvalue weighted by Gasteiger charge is 2.21. The van der Waals surface area contributed by atoms with Gasteiger partial charge in [-0.05, 0) is 43.2 Å². The molecular formula is C21H25N5. The molecule has 0 spiro atoms. The molecule has 0 bridgehead atoms. The lowest BCUT2D eigenvalue weighted by Gasteiger charge is -2.21. The topological polar surface area (TPSA) is 46.8 Å². The molecule has 0 radical (unpaired) electrons. The van der Waals surface area contributed by atoms with E-state index in [1.54, 1.807) is 0 Å². The summed E-state index contributed by atoms with van der Waals surface area (Å²) in [6.07, 6.45) is 9.34. The number of rotatable bonds is 3. The monoisotopic (exact) mass is 347 g/mol. The normalized spacial score (nSPS) is 17.9. The standard InChI is InChI=1S/C21H25N5/c1-16-13-22-21(24-20(16)19-14-23-25(2)15-19)26-11-6-9-18(10-12-26)17-7-4-3-5-8-17/h3-5,7-8,13-15,18H,6,9-12H2,1-2H3. The molecule has 0 N–H and O–H groups in total. The van der Waals surface area contributed by atoms with Crippen molar-refractivity contribution in [3.63, 3.8) is 0 Å². The summed E-state index contributed by atoms with van der Waals surface area (Å²) in [5.41, 5.74) is 4.56. The molecule has 0 aliphatic carbocycles. The van der Waals surface area contributed by atoms with Crippen LogP contribution in [-0.4, -0.2) is 32.8 Å². The van der Waals surface area contributed by atoms with Crippen molar-refractivity contribution in [2.45, 2.75) is 32.1 Å². The van der Waals surface area contributed by atoms with Crippen LogP contribution in [0.15, 0.2) is 48.9 Å². The fourth-order valence-corrected chi connectivity index (χ4v) is 3.78. The molecule has 1 aromatic carbocycles. The third-order valence-corrected chi connectivity index (χ3v) is 5.22. The second-order valence-electron chi connectivity index (χ2n) is 7.13. The Labute approximate surface area is 154 Å². The van der Waals surface area contributed by atoms with E-state index < -0.39 is 0 Å². The van der Waals surface area contributed by atoms with E-state index in [0.717, 1.165) is 42.3 Å². The molecule has 0 amide bonds. The van der Waals surface area contributed by atoms with Gasteiger partial charge >= 0.3 is 0 Å². The minimum absolute atomic E-state index is 0.629. The van der Waals surface area contributed by atoms with Crippen molar-refractivity contribution >= 4 is 5.95 Å². The number of aromatic nitrogens is 4. The number of aryl methyl sites for hydroxylation is 2. The minimum Gasteiger partial charge on any atom is -0.341 e. The maximum absolute atomic E-state index is 4.88. The molecule has 134 valence electrons. The van der Waals surface area contributed by atoms with E-state index in [1.165, 1.54) is 18.4 Å². The summed E-state index contributed by atoms with van der Waals surface area (Å²) in [6, 6.07) is 10.9. The highest BCUT2D eigenvalue weighted by atomic mass is 15.3. The predicted molar refractivity (Wildman–Crippen MR) is 104 cm³/mol. The summed E-state index contributed by atoms with van der Waals surface area (Å²) < 4.78 is 1.81. The largest absolute Gasteiger partial charge is 0.341 e. The Kier molecular flexibility index (Phi) is 4.69. The van der Waals surface area contributed by atoms with E-state index in [-0.39, 0.29) is 0 Å². The van der Waals surface area contributed by atoms with Crippen LogP contribution in [0.4, 0.5) is 5.95 Å². The SMILES string of the molecule is Cc1cnc(N2CCCC(c3ccccc3)CC2)nc1-c1cnn(C)c1. The lowest BCUT2D eigenvalue weighted by molar-refractivity contribution is 0.611. The second kappa shape index (κ2) is 7.28. The maximum Gasteiger partial charge on any atom is 0.225 e. The van der Waals surface area contributed by atoms with Gasteiger partial charge in [-0.25, -0.2) is 9.97 Å². The summed E-state index contributed by atoms with van der Waals surface area (Å²) in [7, 11) is 1.93. The van der Waals surface area contributed by atoms with Crippen LogP contribution in [0.25, 0.3) is 11.3 Å². The van der Waals surface area contributed by atoms with Gasteiger partial charge in [-0.1, -0.05) is 30.3 Å². The van der Waals surface area contributed by atoms with Crippen LogP contribution in [0.2, 0.25) is 0 Å². The van der Waals surface area contributed by atoms with Crippen LogP contribution >= 0.6 is 0 Å². The molecule has 3 heterocycles. The van der Waals surface area contributed by atoms with Gasteiger partial charge in [0.1, 0.15) is 0 Å². The van der Waals surface area contributed by atoms with E-state index in [9.17, 15) is 0 Å². The molecule has 1 atom stereocenters. The average molecular weight is 347 g/mol. The summed E-state index contributed by atoms with van der Waals surface area (Å²) in [5.74, 6) is 1.47. The van der Waals surface area contributed by atoms with Gasteiger partial charge < -0.3 is 4.90 Å². The van der Waals surface area contributed by atoms with Crippen LogP contribution in [0.3, 0.4) is 0 Å². The minimum atomic E-state index is 0.629. The Morgan fingerprint density at radius 2 is 1.88 bits per heavy atom. The van der Waals surface area contributed by atoms with Gasteiger partial charge in [-0.15, -0.1) is 0 Å². The van der Waals surface area contributed by atoms with Crippen molar-refractivity contribution < 1.29 is 0 Å². The summed E-state index contributed by atoms with van der Waals surface area (Å²) >= 11 is 0. The fraction of sp³-hybridized carbons (Fsp3) is 0.381. The van der Waals surface area contributed by atoms with Crippen LogP contribution in [0, 0.1) is 6.92 Å². The highest BCUT2D eigenvalue weighted by molar-refractivity contribution is 5.62. The summed E-state index contributed by atoms with van der Waals surface area (Å²) in [4.78, 5) is 11.8. The van der Waals surface area contributed by atoms with Crippen molar-refractivity contribution in [3.05, 3.63) is 60.0 Å². The zero-order valence-corrected chi connectivity index (χ0v) is 15.5.